The molecular weight excluding hydrogens is 400 g/mol. The molecule has 162 valence electrons. The van der Waals surface area contributed by atoms with Gasteiger partial charge in [-0.1, -0.05) is 18.2 Å². The molecule has 1 aliphatic heterocycles. The molecule has 2 aromatic carbocycles. The molecule has 2 aromatic rings. The van der Waals surface area contributed by atoms with Crippen LogP contribution < -0.4 is 20.7 Å². The van der Waals surface area contributed by atoms with Gasteiger partial charge in [-0.25, -0.2) is 4.79 Å². The second-order valence-electron chi connectivity index (χ2n) is 7.10. The summed E-state index contributed by atoms with van der Waals surface area (Å²) in [4.78, 5) is 49.5. The summed E-state index contributed by atoms with van der Waals surface area (Å²) in [6.45, 7) is 1.61. The number of carbonyl (C=O) groups is 4. The number of hydrogen-bond donors (Lipinski definition) is 3. The van der Waals surface area contributed by atoms with Crippen LogP contribution in [0, 0.1) is 0 Å². The first-order valence-electron chi connectivity index (χ1n) is 9.78. The molecule has 0 bridgehead atoms. The number of benzene rings is 2. The zero-order valence-corrected chi connectivity index (χ0v) is 17.3. The minimum absolute atomic E-state index is 0.187. The summed E-state index contributed by atoms with van der Waals surface area (Å²) < 4.78 is 5.11. The van der Waals surface area contributed by atoms with Gasteiger partial charge in [0.05, 0.1) is 13.5 Å². The van der Waals surface area contributed by atoms with Gasteiger partial charge >= 0.3 is 6.03 Å². The van der Waals surface area contributed by atoms with Crippen LogP contribution in [-0.2, 0) is 20.8 Å². The Kier molecular flexibility index (Phi) is 6.86. The number of imide groups is 1. The Morgan fingerprint density at radius 1 is 1.06 bits per heavy atom. The molecule has 1 saturated heterocycles. The van der Waals surface area contributed by atoms with Crippen LogP contribution in [0.4, 0.5) is 16.2 Å². The average Bonchev–Trinajstić information content (AvgIpc) is 2.99. The normalized spacial score (nSPS) is 15.4. The maximum Gasteiger partial charge on any atom is 0.324 e. The second kappa shape index (κ2) is 9.75. The van der Waals surface area contributed by atoms with Gasteiger partial charge in [-0.2, -0.15) is 0 Å². The lowest BCUT2D eigenvalue weighted by atomic mass is 10.1. The van der Waals surface area contributed by atoms with E-state index in [4.69, 9.17) is 4.74 Å². The van der Waals surface area contributed by atoms with Crippen LogP contribution in [0.25, 0.3) is 0 Å². The van der Waals surface area contributed by atoms with Crippen LogP contribution in [0.5, 0.6) is 5.75 Å². The molecule has 5 amide bonds. The largest absolute Gasteiger partial charge is 0.497 e. The molecule has 0 saturated carbocycles. The van der Waals surface area contributed by atoms with Crippen molar-refractivity contribution in [2.24, 2.45) is 0 Å². The maximum atomic E-state index is 12.6. The molecular formula is C22H24N4O5. The van der Waals surface area contributed by atoms with Gasteiger partial charge < -0.3 is 20.7 Å². The molecule has 9 heteroatoms. The van der Waals surface area contributed by atoms with Crippen LogP contribution in [0.1, 0.15) is 18.9 Å². The van der Waals surface area contributed by atoms with E-state index >= 15 is 0 Å². The van der Waals surface area contributed by atoms with E-state index in [1.165, 1.54) is 6.92 Å². The second-order valence-corrected chi connectivity index (χ2v) is 7.10. The van der Waals surface area contributed by atoms with E-state index < -0.39 is 23.9 Å². The summed E-state index contributed by atoms with van der Waals surface area (Å²) in [5, 5.41) is 7.87. The molecule has 0 spiro atoms. The van der Waals surface area contributed by atoms with Crippen molar-refractivity contribution in [2.45, 2.75) is 25.8 Å². The van der Waals surface area contributed by atoms with E-state index in [0.29, 0.717) is 17.8 Å². The molecule has 31 heavy (non-hydrogen) atoms. The van der Waals surface area contributed by atoms with Crippen LogP contribution in [0.15, 0.2) is 48.5 Å². The third kappa shape index (κ3) is 5.81. The van der Waals surface area contributed by atoms with Gasteiger partial charge in [0.25, 0.3) is 5.91 Å². The fourth-order valence-electron chi connectivity index (χ4n) is 3.24. The molecule has 0 aliphatic carbocycles. The van der Waals surface area contributed by atoms with E-state index in [9.17, 15) is 19.2 Å². The van der Waals surface area contributed by atoms with Gasteiger partial charge in [0.1, 0.15) is 11.8 Å². The van der Waals surface area contributed by atoms with Crippen LogP contribution in [0.3, 0.4) is 0 Å². The number of anilines is 2. The number of nitrogens with one attached hydrogen (secondary N) is 3. The molecule has 1 fully saturated rings. The monoisotopic (exact) mass is 424 g/mol. The summed E-state index contributed by atoms with van der Waals surface area (Å²) in [6.07, 6.45) is 0.311. The standard InChI is InChI=1S/C22H24N4O5/c1-14(27)23-16-4-3-5-17(12-16)24-20(28)13-19-21(29)26(22(30)25-19)11-10-15-6-8-18(31-2)9-7-15/h3-9,12,19H,10-11,13H2,1-2H3,(H,23,27)(H,24,28)(H,25,30)/t19-/m0/s1. The van der Waals surface area contributed by atoms with Gasteiger partial charge in [0.15, 0.2) is 0 Å². The first-order valence-corrected chi connectivity index (χ1v) is 9.78. The van der Waals surface area contributed by atoms with Crippen molar-refractivity contribution in [1.29, 1.82) is 0 Å². The van der Waals surface area contributed by atoms with Gasteiger partial charge in [-0.15, -0.1) is 0 Å². The highest BCUT2D eigenvalue weighted by atomic mass is 16.5. The summed E-state index contributed by atoms with van der Waals surface area (Å²) in [7, 11) is 1.58. The van der Waals surface area contributed by atoms with E-state index in [2.05, 4.69) is 16.0 Å². The SMILES string of the molecule is COc1ccc(CCN2C(=O)N[C@@H](CC(=O)Nc3cccc(NC(C)=O)c3)C2=O)cc1. The fraction of sp³-hybridized carbons (Fsp3) is 0.273. The third-order valence-corrected chi connectivity index (χ3v) is 4.75. The number of ether oxygens (including phenoxy) is 1. The zero-order valence-electron chi connectivity index (χ0n) is 17.3. The van der Waals surface area contributed by atoms with Crippen molar-refractivity contribution >= 4 is 35.1 Å². The summed E-state index contributed by atoms with van der Waals surface area (Å²) in [5.41, 5.74) is 1.98. The first kappa shape index (κ1) is 21.8. The highest BCUT2D eigenvalue weighted by molar-refractivity contribution is 6.07. The number of nitrogens with zero attached hydrogens (tertiary/aromatic N) is 1. The first-order chi connectivity index (χ1) is 14.9. The summed E-state index contributed by atoms with van der Waals surface area (Å²) in [5.74, 6) is -0.346. The molecule has 3 N–H and O–H groups in total. The van der Waals surface area contributed by atoms with Gasteiger partial charge in [0.2, 0.25) is 11.8 Å². The lowest BCUT2D eigenvalue weighted by molar-refractivity contribution is -0.129. The van der Waals surface area contributed by atoms with Crippen molar-refractivity contribution < 1.29 is 23.9 Å². The summed E-state index contributed by atoms with van der Waals surface area (Å²) in [6, 6.07) is 12.6. The predicted molar refractivity (Wildman–Crippen MR) is 115 cm³/mol. The lowest BCUT2D eigenvalue weighted by Crippen LogP contribution is -2.34. The Morgan fingerprint density at radius 2 is 1.74 bits per heavy atom. The third-order valence-electron chi connectivity index (χ3n) is 4.75. The van der Waals surface area contributed by atoms with Crippen molar-refractivity contribution in [3.63, 3.8) is 0 Å². The Balaban J connectivity index is 1.54. The molecule has 0 radical (unpaired) electrons. The predicted octanol–water partition coefficient (Wildman–Crippen LogP) is 2.15. The number of urea groups is 1. The van der Waals surface area contributed by atoms with E-state index in [-0.39, 0.29) is 18.9 Å². The minimum Gasteiger partial charge on any atom is -0.497 e. The Bertz CT molecular complexity index is 990. The average molecular weight is 424 g/mol. The molecule has 0 unspecified atom stereocenters. The van der Waals surface area contributed by atoms with Crippen LogP contribution in [0.2, 0.25) is 0 Å². The van der Waals surface area contributed by atoms with Gasteiger partial charge in [-0.3, -0.25) is 19.3 Å². The van der Waals surface area contributed by atoms with Crippen LogP contribution >= 0.6 is 0 Å². The summed E-state index contributed by atoms with van der Waals surface area (Å²) >= 11 is 0. The smallest absolute Gasteiger partial charge is 0.324 e. The molecule has 1 aliphatic rings. The van der Waals surface area contributed by atoms with Gasteiger partial charge in [0, 0.05) is 24.8 Å². The van der Waals surface area contributed by atoms with Crippen molar-refractivity contribution in [3.8, 4) is 5.75 Å². The number of carbonyl (C=O) groups excluding carboxylic acids is 4. The zero-order chi connectivity index (χ0) is 22.4. The van der Waals surface area contributed by atoms with E-state index in [1.54, 1.807) is 31.4 Å². The van der Waals surface area contributed by atoms with Gasteiger partial charge in [-0.05, 0) is 42.3 Å². The van der Waals surface area contributed by atoms with Crippen molar-refractivity contribution in [1.82, 2.24) is 10.2 Å². The highest BCUT2D eigenvalue weighted by Gasteiger charge is 2.38. The molecule has 9 nitrogen and oxygen atoms in total. The number of hydrogen-bond acceptors (Lipinski definition) is 5. The Morgan fingerprint density at radius 3 is 2.39 bits per heavy atom. The maximum absolute atomic E-state index is 12.6. The van der Waals surface area contributed by atoms with E-state index in [1.807, 2.05) is 24.3 Å². The van der Waals surface area contributed by atoms with Crippen molar-refractivity contribution in [2.75, 3.05) is 24.3 Å². The van der Waals surface area contributed by atoms with Crippen LogP contribution in [-0.4, -0.2) is 48.3 Å². The molecule has 3 rings (SSSR count). The molecule has 1 atom stereocenters. The fourth-order valence-corrected chi connectivity index (χ4v) is 3.24. The van der Waals surface area contributed by atoms with Crippen molar-refractivity contribution in [3.05, 3.63) is 54.1 Å². The Hall–Kier alpha value is -3.88. The topological polar surface area (TPSA) is 117 Å². The number of methoxy groups -OCH3 is 1. The molecule has 0 aromatic heterocycles. The van der Waals surface area contributed by atoms with E-state index in [0.717, 1.165) is 16.2 Å². The quantitative estimate of drug-likeness (QED) is 0.562. The number of amides is 5. The minimum atomic E-state index is -0.915. The molecule has 1 heterocycles. The Labute approximate surface area is 179 Å². The highest BCUT2D eigenvalue weighted by Crippen LogP contribution is 2.17. The number of rotatable bonds is 8. The lowest BCUT2D eigenvalue weighted by Gasteiger charge is -2.13.